The summed E-state index contributed by atoms with van der Waals surface area (Å²) in [6, 6.07) is 0. The lowest BCUT2D eigenvalue weighted by molar-refractivity contribution is 0.159. The fourth-order valence-electron chi connectivity index (χ4n) is 2.75. The Morgan fingerprint density at radius 2 is 1.41 bits per heavy atom. The lowest BCUT2D eigenvalue weighted by atomic mass is 10.0. The van der Waals surface area contributed by atoms with E-state index in [1.54, 1.807) is 6.08 Å². The van der Waals surface area contributed by atoms with Crippen LogP contribution in [0.5, 0.6) is 0 Å². The van der Waals surface area contributed by atoms with Gasteiger partial charge in [0.2, 0.25) is 0 Å². The summed E-state index contributed by atoms with van der Waals surface area (Å²) in [5.41, 5.74) is 0. The van der Waals surface area contributed by atoms with E-state index in [4.69, 9.17) is 9.29 Å². The number of rotatable bonds is 18. The minimum absolute atomic E-state index is 0.163. The highest BCUT2D eigenvalue weighted by molar-refractivity contribution is 7.85. The van der Waals surface area contributed by atoms with E-state index < -0.39 is 22.0 Å². The van der Waals surface area contributed by atoms with Crippen LogP contribution in [0.2, 0.25) is 0 Å². The molecule has 0 aliphatic heterocycles. The van der Waals surface area contributed by atoms with Crippen LogP contribution in [-0.2, 0) is 14.9 Å². The highest BCUT2D eigenvalue weighted by atomic mass is 32.2. The van der Waals surface area contributed by atoms with Crippen LogP contribution >= 0.6 is 0 Å². The Labute approximate surface area is 165 Å². The highest BCUT2D eigenvalue weighted by Crippen LogP contribution is 2.12. The molecular weight excluding hydrogens is 366 g/mol. The van der Waals surface area contributed by atoms with Crippen LogP contribution in [0.4, 0.5) is 4.79 Å². The lowest BCUT2D eigenvalue weighted by Gasteiger charge is -2.03. The molecule has 0 bridgehead atoms. The first-order valence-corrected chi connectivity index (χ1v) is 12.1. The molecule has 0 atom stereocenters. The normalized spacial score (nSPS) is 11.8. The molecule has 7 heteroatoms. The number of hydrogen-bond donors (Lipinski definition) is 2. The van der Waals surface area contributed by atoms with Gasteiger partial charge < -0.3 is 10.1 Å². The number of carbonyl (C=O) groups excluding carboxylic acids is 1. The molecule has 0 saturated carbocycles. The highest BCUT2D eigenvalue weighted by Gasteiger charge is 2.06. The number of carbonyl (C=O) groups is 1. The number of ether oxygens (including phenoxy) is 1. The SMILES string of the molecule is CCCCCCCCCCCCCC/C=C/COC(=O)NCCS(=O)(=O)O. The maximum atomic E-state index is 11.2. The predicted molar refractivity (Wildman–Crippen MR) is 111 cm³/mol. The van der Waals surface area contributed by atoms with E-state index in [2.05, 4.69) is 12.2 Å². The van der Waals surface area contributed by atoms with E-state index in [1.165, 1.54) is 70.6 Å². The molecule has 27 heavy (non-hydrogen) atoms. The predicted octanol–water partition coefficient (Wildman–Crippen LogP) is 5.25. The summed E-state index contributed by atoms with van der Waals surface area (Å²) in [5.74, 6) is -0.517. The van der Waals surface area contributed by atoms with Gasteiger partial charge in [0.05, 0.1) is 5.75 Å². The molecule has 0 aromatic rings. The summed E-state index contributed by atoms with van der Waals surface area (Å²) in [7, 11) is -4.06. The second-order valence-corrected chi connectivity index (χ2v) is 8.53. The molecule has 0 unspecified atom stereocenters. The van der Waals surface area contributed by atoms with Gasteiger partial charge in [0, 0.05) is 6.54 Å². The van der Waals surface area contributed by atoms with Crippen molar-refractivity contribution in [3.63, 3.8) is 0 Å². The number of amides is 1. The third kappa shape index (κ3) is 22.9. The van der Waals surface area contributed by atoms with Gasteiger partial charge in [-0.3, -0.25) is 4.55 Å². The summed E-state index contributed by atoms with van der Waals surface area (Å²) in [4.78, 5) is 11.2. The Bertz CT molecular complexity index is 477. The maximum Gasteiger partial charge on any atom is 0.407 e. The Morgan fingerprint density at radius 3 is 1.93 bits per heavy atom. The van der Waals surface area contributed by atoms with E-state index in [9.17, 15) is 13.2 Å². The van der Waals surface area contributed by atoms with Crippen molar-refractivity contribution >= 4 is 16.2 Å². The largest absolute Gasteiger partial charge is 0.445 e. The average molecular weight is 406 g/mol. The standard InChI is InChI=1S/C20H39NO5S/c1-2-3-4-5-6-7-8-9-10-11-12-13-14-15-16-18-26-20(22)21-17-19-27(23,24)25/h15-16H,2-14,17-19H2,1H3,(H,21,22)(H,23,24,25)/b16-15+. The van der Waals surface area contributed by atoms with Gasteiger partial charge in [0.25, 0.3) is 10.1 Å². The van der Waals surface area contributed by atoms with Gasteiger partial charge in [-0.15, -0.1) is 0 Å². The van der Waals surface area contributed by atoms with Gasteiger partial charge in [-0.2, -0.15) is 8.42 Å². The van der Waals surface area contributed by atoms with E-state index >= 15 is 0 Å². The summed E-state index contributed by atoms with van der Waals surface area (Å²) in [6.45, 7) is 2.25. The zero-order chi connectivity index (χ0) is 20.2. The molecule has 0 saturated heterocycles. The molecule has 1 amide bonds. The summed E-state index contributed by atoms with van der Waals surface area (Å²) in [5, 5.41) is 2.26. The van der Waals surface area contributed by atoms with E-state index in [0.717, 1.165) is 12.8 Å². The van der Waals surface area contributed by atoms with Crippen molar-refractivity contribution in [2.45, 2.75) is 90.4 Å². The molecule has 0 heterocycles. The molecule has 0 rings (SSSR count). The summed E-state index contributed by atoms with van der Waals surface area (Å²) >= 11 is 0. The van der Waals surface area contributed by atoms with Crippen LogP contribution in [0.1, 0.15) is 90.4 Å². The second kappa shape index (κ2) is 18.3. The third-order valence-electron chi connectivity index (χ3n) is 4.33. The third-order valence-corrected chi connectivity index (χ3v) is 5.05. The van der Waals surface area contributed by atoms with Gasteiger partial charge in [0.15, 0.2) is 0 Å². The molecule has 0 aromatic carbocycles. The quantitative estimate of drug-likeness (QED) is 0.185. The van der Waals surface area contributed by atoms with Gasteiger partial charge in [-0.05, 0) is 12.8 Å². The molecule has 2 N–H and O–H groups in total. The number of allylic oxidation sites excluding steroid dienone is 1. The summed E-state index contributed by atoms with van der Waals surface area (Å²) < 4.78 is 34.3. The van der Waals surface area contributed by atoms with Crippen molar-refractivity contribution in [3.05, 3.63) is 12.2 Å². The first kappa shape index (κ1) is 25.9. The fourth-order valence-corrected chi connectivity index (χ4v) is 3.11. The molecule has 0 spiro atoms. The van der Waals surface area contributed by atoms with Crippen molar-refractivity contribution in [2.75, 3.05) is 18.9 Å². The van der Waals surface area contributed by atoms with Gasteiger partial charge in [-0.1, -0.05) is 89.7 Å². The van der Waals surface area contributed by atoms with Gasteiger partial charge in [0.1, 0.15) is 6.61 Å². The molecule has 0 aliphatic carbocycles. The van der Waals surface area contributed by atoms with Crippen LogP contribution < -0.4 is 5.32 Å². The first-order chi connectivity index (χ1) is 13.0. The minimum atomic E-state index is -4.06. The van der Waals surface area contributed by atoms with Crippen LogP contribution in [0.25, 0.3) is 0 Å². The Hall–Kier alpha value is -1.08. The van der Waals surface area contributed by atoms with Crippen molar-refractivity contribution in [2.24, 2.45) is 0 Å². The van der Waals surface area contributed by atoms with Crippen molar-refractivity contribution < 1.29 is 22.5 Å². The molecule has 0 radical (unpaired) electrons. The second-order valence-electron chi connectivity index (χ2n) is 6.96. The van der Waals surface area contributed by atoms with Crippen LogP contribution in [0.3, 0.4) is 0 Å². The molecule has 6 nitrogen and oxygen atoms in total. The zero-order valence-corrected chi connectivity index (χ0v) is 17.8. The smallest absolute Gasteiger partial charge is 0.407 e. The topological polar surface area (TPSA) is 92.7 Å². The van der Waals surface area contributed by atoms with Crippen LogP contribution in [-0.4, -0.2) is 38.0 Å². The van der Waals surface area contributed by atoms with Crippen LogP contribution in [0, 0.1) is 0 Å². The fraction of sp³-hybridized carbons (Fsp3) is 0.850. The monoisotopic (exact) mass is 405 g/mol. The molecular formula is C20H39NO5S. The molecule has 0 fully saturated rings. The van der Waals surface area contributed by atoms with Crippen molar-refractivity contribution in [1.29, 1.82) is 0 Å². The van der Waals surface area contributed by atoms with E-state index in [-0.39, 0.29) is 13.2 Å². The van der Waals surface area contributed by atoms with Gasteiger partial charge >= 0.3 is 6.09 Å². The average Bonchev–Trinajstić information content (AvgIpc) is 2.60. The molecule has 0 aromatic heterocycles. The summed E-state index contributed by atoms with van der Waals surface area (Å²) in [6.07, 6.45) is 20.1. The number of alkyl carbamates (subject to hydrolysis) is 1. The molecule has 160 valence electrons. The zero-order valence-electron chi connectivity index (χ0n) is 17.0. The Morgan fingerprint density at radius 1 is 0.889 bits per heavy atom. The Kier molecular flexibility index (Phi) is 17.6. The number of nitrogens with one attached hydrogen (secondary N) is 1. The van der Waals surface area contributed by atoms with Gasteiger partial charge in [-0.25, -0.2) is 4.79 Å². The van der Waals surface area contributed by atoms with Crippen molar-refractivity contribution in [1.82, 2.24) is 5.32 Å². The first-order valence-electron chi connectivity index (χ1n) is 10.5. The van der Waals surface area contributed by atoms with E-state index in [0.29, 0.717) is 0 Å². The van der Waals surface area contributed by atoms with Crippen LogP contribution in [0.15, 0.2) is 12.2 Å². The number of unbranched alkanes of at least 4 members (excludes halogenated alkanes) is 12. The van der Waals surface area contributed by atoms with E-state index in [1.807, 2.05) is 6.08 Å². The Balaban J connectivity index is 3.28. The molecule has 0 aliphatic rings. The van der Waals surface area contributed by atoms with Crippen molar-refractivity contribution in [3.8, 4) is 0 Å². The lowest BCUT2D eigenvalue weighted by Crippen LogP contribution is -2.29. The minimum Gasteiger partial charge on any atom is -0.445 e. The maximum absolute atomic E-state index is 11.2. The number of hydrogen-bond acceptors (Lipinski definition) is 4.